The van der Waals surface area contributed by atoms with Crippen molar-refractivity contribution in [1.82, 2.24) is 9.44 Å². The van der Waals surface area contributed by atoms with Crippen molar-refractivity contribution in [2.75, 3.05) is 0 Å². The van der Waals surface area contributed by atoms with Crippen molar-refractivity contribution in [3.05, 3.63) is 0 Å². The van der Waals surface area contributed by atoms with E-state index in [4.69, 9.17) is 0 Å². The Morgan fingerprint density at radius 1 is 1.33 bits per heavy atom. The summed E-state index contributed by atoms with van der Waals surface area (Å²) >= 11 is 0. The lowest BCUT2D eigenvalue weighted by atomic mass is 9.93. The van der Waals surface area contributed by atoms with Crippen LogP contribution in [0.2, 0.25) is 0 Å². The molecule has 0 radical (unpaired) electrons. The van der Waals surface area contributed by atoms with Crippen LogP contribution in [0.1, 0.15) is 39.5 Å². The third-order valence-electron chi connectivity index (χ3n) is 2.60. The van der Waals surface area contributed by atoms with E-state index in [-0.39, 0.29) is 0 Å². The first kappa shape index (κ1) is 15.2. The van der Waals surface area contributed by atoms with Crippen molar-refractivity contribution < 1.29 is 23.1 Å². The zero-order chi connectivity index (χ0) is 13.8. The Balaban J connectivity index is 2.51. The molecule has 0 aromatic carbocycles. The molecular formula is C10H20N2O5S. The van der Waals surface area contributed by atoms with E-state index in [1.165, 1.54) is 0 Å². The number of nitrogens with one attached hydrogen (secondary N) is 2. The Morgan fingerprint density at radius 2 is 1.94 bits per heavy atom. The summed E-state index contributed by atoms with van der Waals surface area (Å²) in [5, 5.41) is 9.64. The number of ether oxygens (including phenoxy) is 1. The van der Waals surface area contributed by atoms with Crippen LogP contribution in [0.15, 0.2) is 0 Å². The highest BCUT2D eigenvalue weighted by Crippen LogP contribution is 2.18. The van der Waals surface area contributed by atoms with E-state index < -0.39 is 34.6 Å². The van der Waals surface area contributed by atoms with Gasteiger partial charge in [0.05, 0.1) is 12.2 Å². The molecule has 0 unspecified atom stereocenters. The molecule has 0 aromatic heterocycles. The van der Waals surface area contributed by atoms with Gasteiger partial charge < -0.3 is 9.84 Å². The topological polar surface area (TPSA) is 105 Å². The first-order valence-corrected chi connectivity index (χ1v) is 7.47. The Kier molecular flexibility index (Phi) is 5.36. The number of aliphatic hydroxyl groups excluding tert-OH is 1. The Morgan fingerprint density at radius 3 is 2.50 bits per heavy atom. The predicted molar refractivity (Wildman–Crippen MR) is 65.1 cm³/mol. The average molecular weight is 280 g/mol. The molecule has 3 N–H and O–H groups in total. The minimum atomic E-state index is -3.99. The zero-order valence-electron chi connectivity index (χ0n) is 10.5. The summed E-state index contributed by atoms with van der Waals surface area (Å²) in [6.07, 6.45) is 0.702. The van der Waals surface area contributed by atoms with E-state index in [2.05, 4.69) is 9.46 Å². The molecule has 0 saturated heterocycles. The van der Waals surface area contributed by atoms with E-state index in [0.29, 0.717) is 12.8 Å². The number of carbonyl (C=O) groups is 1. The summed E-state index contributed by atoms with van der Waals surface area (Å²) in [5.41, 5.74) is 0. The van der Waals surface area contributed by atoms with Gasteiger partial charge in [0.2, 0.25) is 0 Å². The first-order chi connectivity index (χ1) is 8.30. The lowest BCUT2D eigenvalue weighted by Crippen LogP contribution is -2.50. The minimum absolute atomic E-state index is 0.402. The van der Waals surface area contributed by atoms with Crippen LogP contribution >= 0.6 is 0 Å². The van der Waals surface area contributed by atoms with E-state index >= 15 is 0 Å². The van der Waals surface area contributed by atoms with Gasteiger partial charge in [-0.15, -0.1) is 0 Å². The summed E-state index contributed by atoms with van der Waals surface area (Å²) in [4.78, 5) is 11.2. The molecule has 1 aliphatic rings. The van der Waals surface area contributed by atoms with Gasteiger partial charge in [-0.3, -0.25) is 0 Å². The van der Waals surface area contributed by atoms with Crippen LogP contribution in [0.5, 0.6) is 0 Å². The second-order valence-electron chi connectivity index (χ2n) is 4.64. The molecule has 0 heterocycles. The van der Waals surface area contributed by atoms with Crippen molar-refractivity contribution in [3.63, 3.8) is 0 Å². The van der Waals surface area contributed by atoms with Crippen LogP contribution in [0, 0.1) is 0 Å². The van der Waals surface area contributed by atoms with Crippen LogP contribution in [0.25, 0.3) is 0 Å². The maximum absolute atomic E-state index is 11.6. The second-order valence-corrected chi connectivity index (χ2v) is 6.08. The fraction of sp³-hybridized carbons (Fsp3) is 0.900. The zero-order valence-corrected chi connectivity index (χ0v) is 11.4. The van der Waals surface area contributed by atoms with Gasteiger partial charge >= 0.3 is 16.3 Å². The molecule has 1 rings (SSSR count). The van der Waals surface area contributed by atoms with E-state index in [1.807, 2.05) is 0 Å². The number of amides is 1. The quantitative estimate of drug-likeness (QED) is 0.685. The molecule has 7 nitrogen and oxygen atoms in total. The molecule has 1 amide bonds. The van der Waals surface area contributed by atoms with E-state index in [1.54, 1.807) is 18.6 Å². The standard InChI is InChI=1S/C10H20N2O5S/c1-7(2)17-10(14)12-18(15,16)11-8-5-3-4-6-9(8)13/h7-9,11,13H,3-6H2,1-2H3,(H,12,14)/t8-,9-/m0/s1. The van der Waals surface area contributed by atoms with Gasteiger partial charge in [0.15, 0.2) is 0 Å². The molecule has 8 heteroatoms. The molecule has 1 saturated carbocycles. The van der Waals surface area contributed by atoms with Gasteiger partial charge in [-0.25, -0.2) is 9.52 Å². The largest absolute Gasteiger partial charge is 0.446 e. The van der Waals surface area contributed by atoms with Crippen molar-refractivity contribution in [3.8, 4) is 0 Å². The van der Waals surface area contributed by atoms with E-state index in [9.17, 15) is 18.3 Å². The summed E-state index contributed by atoms with van der Waals surface area (Å²) < 4.78 is 31.9. The summed E-state index contributed by atoms with van der Waals surface area (Å²) in [6.45, 7) is 3.23. The number of rotatable bonds is 4. The first-order valence-electron chi connectivity index (χ1n) is 5.99. The van der Waals surface area contributed by atoms with Crippen molar-refractivity contribution >= 4 is 16.3 Å². The van der Waals surface area contributed by atoms with Gasteiger partial charge in [0, 0.05) is 6.04 Å². The Labute approximate surface area is 107 Å². The molecule has 106 valence electrons. The number of aliphatic hydroxyl groups is 1. The normalized spacial score (nSPS) is 24.9. The van der Waals surface area contributed by atoms with Crippen LogP contribution < -0.4 is 9.44 Å². The summed E-state index contributed by atoms with van der Waals surface area (Å²) in [6, 6.07) is -0.553. The number of carbonyl (C=O) groups excluding carboxylic acids is 1. The highest BCUT2D eigenvalue weighted by molar-refractivity contribution is 7.88. The summed E-state index contributed by atoms with van der Waals surface area (Å²) in [7, 11) is -3.99. The van der Waals surface area contributed by atoms with Gasteiger partial charge in [-0.1, -0.05) is 12.8 Å². The maximum atomic E-state index is 11.6. The molecule has 1 fully saturated rings. The third kappa shape index (κ3) is 5.19. The monoisotopic (exact) mass is 280 g/mol. The maximum Gasteiger partial charge on any atom is 0.422 e. The van der Waals surface area contributed by atoms with E-state index in [0.717, 1.165) is 12.8 Å². The number of hydrogen-bond acceptors (Lipinski definition) is 5. The molecule has 0 bridgehead atoms. The SMILES string of the molecule is CC(C)OC(=O)NS(=O)(=O)N[C@H]1CCCC[C@@H]1O. The Hall–Kier alpha value is -0.860. The highest BCUT2D eigenvalue weighted by atomic mass is 32.2. The van der Waals surface area contributed by atoms with Gasteiger partial charge in [0.1, 0.15) is 0 Å². The second kappa shape index (κ2) is 6.35. The van der Waals surface area contributed by atoms with Crippen LogP contribution in [0.3, 0.4) is 0 Å². The molecule has 0 aliphatic heterocycles. The van der Waals surface area contributed by atoms with Crippen LogP contribution in [0.4, 0.5) is 4.79 Å². The fourth-order valence-corrected chi connectivity index (χ4v) is 2.83. The Bertz CT molecular complexity index is 382. The van der Waals surface area contributed by atoms with Gasteiger partial charge in [-0.05, 0) is 26.7 Å². The summed E-state index contributed by atoms with van der Waals surface area (Å²) in [5.74, 6) is 0. The predicted octanol–water partition coefficient (Wildman–Crippen LogP) is 0.259. The molecule has 18 heavy (non-hydrogen) atoms. The highest BCUT2D eigenvalue weighted by Gasteiger charge is 2.28. The van der Waals surface area contributed by atoms with Gasteiger partial charge in [-0.2, -0.15) is 13.1 Å². The number of hydrogen-bond donors (Lipinski definition) is 3. The molecule has 0 aromatic rings. The van der Waals surface area contributed by atoms with Crippen LogP contribution in [-0.2, 0) is 14.9 Å². The minimum Gasteiger partial charge on any atom is -0.446 e. The lowest BCUT2D eigenvalue weighted by Gasteiger charge is -2.27. The van der Waals surface area contributed by atoms with Crippen molar-refractivity contribution in [2.24, 2.45) is 0 Å². The molecule has 1 aliphatic carbocycles. The molecular weight excluding hydrogens is 260 g/mol. The lowest BCUT2D eigenvalue weighted by molar-refractivity contribution is 0.100. The van der Waals surface area contributed by atoms with Crippen LogP contribution in [-0.4, -0.2) is 37.9 Å². The van der Waals surface area contributed by atoms with Gasteiger partial charge in [0.25, 0.3) is 0 Å². The van der Waals surface area contributed by atoms with Crippen molar-refractivity contribution in [2.45, 2.75) is 57.8 Å². The fourth-order valence-electron chi connectivity index (χ4n) is 1.83. The third-order valence-corrected chi connectivity index (χ3v) is 3.64. The smallest absolute Gasteiger partial charge is 0.422 e. The molecule has 2 atom stereocenters. The molecule has 0 spiro atoms. The van der Waals surface area contributed by atoms with Crippen molar-refractivity contribution in [1.29, 1.82) is 0 Å². The average Bonchev–Trinajstić information content (AvgIpc) is 2.18.